The fourth-order valence-electron chi connectivity index (χ4n) is 1.88. The molecule has 0 saturated carbocycles. The maximum Gasteiger partial charge on any atom is 0.224 e. The van der Waals surface area contributed by atoms with Crippen molar-refractivity contribution in [2.75, 3.05) is 25.4 Å². The molecule has 2 N–H and O–H groups in total. The average Bonchev–Trinajstić information content (AvgIpc) is 2.89. The van der Waals surface area contributed by atoms with E-state index in [4.69, 9.17) is 0 Å². The second-order valence-electron chi connectivity index (χ2n) is 4.14. The highest BCUT2D eigenvalue weighted by Crippen LogP contribution is 2.15. The summed E-state index contributed by atoms with van der Waals surface area (Å²) in [6, 6.07) is 10.3. The highest BCUT2D eigenvalue weighted by Gasteiger charge is 2.21. The molecule has 0 aromatic heterocycles. The predicted octanol–water partition coefficient (Wildman–Crippen LogP) is 1.93. The number of amides is 1. The lowest BCUT2D eigenvalue weighted by atomic mass is 10.1. The summed E-state index contributed by atoms with van der Waals surface area (Å²) in [5, 5.41) is 6.20. The smallest absolute Gasteiger partial charge is 0.224 e. The summed E-state index contributed by atoms with van der Waals surface area (Å²) in [7, 11) is 0. The molecule has 1 aromatic carbocycles. The molecule has 1 aliphatic heterocycles. The number of hydrogen-bond acceptors (Lipinski definition) is 3. The van der Waals surface area contributed by atoms with E-state index in [1.165, 1.54) is 4.90 Å². The molecule has 0 spiro atoms. The zero-order valence-corrected chi connectivity index (χ0v) is 11.9. The van der Waals surface area contributed by atoms with E-state index in [9.17, 15) is 4.79 Å². The highest BCUT2D eigenvalue weighted by atomic mass is 35.5. The topological polar surface area (TPSA) is 41.1 Å². The molecule has 1 aliphatic rings. The summed E-state index contributed by atoms with van der Waals surface area (Å²) in [4.78, 5) is 13.0. The van der Waals surface area contributed by atoms with E-state index in [1.54, 1.807) is 11.8 Å². The van der Waals surface area contributed by atoms with Crippen molar-refractivity contribution in [2.45, 2.75) is 11.3 Å². The van der Waals surface area contributed by atoms with Gasteiger partial charge in [0.15, 0.2) is 0 Å². The van der Waals surface area contributed by atoms with Gasteiger partial charge in [-0.1, -0.05) is 18.2 Å². The molecule has 5 heteroatoms. The van der Waals surface area contributed by atoms with Gasteiger partial charge in [0.05, 0.1) is 5.92 Å². The number of benzene rings is 1. The van der Waals surface area contributed by atoms with Gasteiger partial charge in [0.1, 0.15) is 0 Å². The quantitative estimate of drug-likeness (QED) is 0.642. The zero-order chi connectivity index (χ0) is 11.9. The van der Waals surface area contributed by atoms with Crippen LogP contribution >= 0.6 is 24.2 Å². The van der Waals surface area contributed by atoms with Crippen LogP contribution in [0, 0.1) is 5.92 Å². The first-order valence-corrected chi connectivity index (χ1v) is 7.01. The molecule has 18 heavy (non-hydrogen) atoms. The maximum atomic E-state index is 11.7. The van der Waals surface area contributed by atoms with Crippen molar-refractivity contribution in [1.29, 1.82) is 0 Å². The summed E-state index contributed by atoms with van der Waals surface area (Å²) in [5.41, 5.74) is 0. The summed E-state index contributed by atoms with van der Waals surface area (Å²) < 4.78 is 0. The van der Waals surface area contributed by atoms with Crippen LogP contribution in [0.5, 0.6) is 0 Å². The normalized spacial score (nSPS) is 18.1. The first kappa shape index (κ1) is 15.3. The molecule has 1 saturated heterocycles. The van der Waals surface area contributed by atoms with Gasteiger partial charge < -0.3 is 10.6 Å². The number of halogens is 1. The van der Waals surface area contributed by atoms with Crippen LogP contribution in [0.15, 0.2) is 35.2 Å². The molecule has 1 fully saturated rings. The van der Waals surface area contributed by atoms with Gasteiger partial charge in [-0.15, -0.1) is 24.2 Å². The Kier molecular flexibility index (Phi) is 7.16. The Bertz CT molecular complexity index is 355. The van der Waals surface area contributed by atoms with Crippen LogP contribution in [-0.2, 0) is 4.79 Å². The Morgan fingerprint density at radius 2 is 2.17 bits per heavy atom. The minimum Gasteiger partial charge on any atom is -0.355 e. The molecule has 2 rings (SSSR count). The summed E-state index contributed by atoms with van der Waals surface area (Å²) in [6.07, 6.45) is 0.970. The minimum atomic E-state index is 0. The van der Waals surface area contributed by atoms with E-state index in [0.29, 0.717) is 0 Å². The third-order valence-corrected chi connectivity index (χ3v) is 3.86. The van der Waals surface area contributed by atoms with E-state index >= 15 is 0 Å². The number of carbonyl (C=O) groups is 1. The zero-order valence-electron chi connectivity index (χ0n) is 10.2. The standard InChI is InChI=1S/C13H18N2OS.ClH/c16-13(11-6-7-14-10-11)15-8-9-17-12-4-2-1-3-5-12;/h1-5,11,14H,6-10H2,(H,15,16);1H. The molecule has 0 aliphatic carbocycles. The number of hydrogen-bond donors (Lipinski definition) is 2. The second-order valence-corrected chi connectivity index (χ2v) is 5.31. The Balaban J connectivity index is 0.00000162. The number of rotatable bonds is 5. The Labute approximate surface area is 119 Å². The number of carbonyl (C=O) groups excluding carboxylic acids is 1. The van der Waals surface area contributed by atoms with E-state index in [0.717, 1.165) is 31.8 Å². The predicted molar refractivity (Wildman–Crippen MR) is 78.4 cm³/mol. The van der Waals surface area contributed by atoms with Gasteiger partial charge in [-0.25, -0.2) is 0 Å². The lowest BCUT2D eigenvalue weighted by Crippen LogP contribution is -2.33. The Hall–Kier alpha value is -0.710. The molecule has 0 bridgehead atoms. The molecular weight excluding hydrogens is 268 g/mol. The van der Waals surface area contributed by atoms with Gasteiger partial charge in [-0.2, -0.15) is 0 Å². The van der Waals surface area contributed by atoms with Gasteiger partial charge in [0.2, 0.25) is 5.91 Å². The van der Waals surface area contributed by atoms with Crippen LogP contribution in [-0.4, -0.2) is 31.3 Å². The lowest BCUT2D eigenvalue weighted by Gasteiger charge is -2.09. The van der Waals surface area contributed by atoms with Crippen molar-refractivity contribution < 1.29 is 4.79 Å². The third-order valence-electron chi connectivity index (χ3n) is 2.84. The number of thioether (sulfide) groups is 1. The first-order chi connectivity index (χ1) is 8.36. The molecule has 1 heterocycles. The largest absolute Gasteiger partial charge is 0.355 e. The van der Waals surface area contributed by atoms with Crippen LogP contribution in [0.3, 0.4) is 0 Å². The van der Waals surface area contributed by atoms with Gasteiger partial charge >= 0.3 is 0 Å². The summed E-state index contributed by atoms with van der Waals surface area (Å²) in [5.74, 6) is 1.30. The molecule has 100 valence electrons. The van der Waals surface area contributed by atoms with Gasteiger partial charge in [0, 0.05) is 23.7 Å². The van der Waals surface area contributed by atoms with Crippen LogP contribution < -0.4 is 10.6 Å². The lowest BCUT2D eigenvalue weighted by molar-refractivity contribution is -0.124. The fourth-order valence-corrected chi connectivity index (χ4v) is 2.67. The number of nitrogens with one attached hydrogen (secondary N) is 2. The molecular formula is C13H19ClN2OS. The van der Waals surface area contributed by atoms with Crippen LogP contribution in [0.4, 0.5) is 0 Å². The van der Waals surface area contributed by atoms with E-state index < -0.39 is 0 Å². The molecule has 1 unspecified atom stereocenters. The highest BCUT2D eigenvalue weighted by molar-refractivity contribution is 7.99. The minimum absolute atomic E-state index is 0. The van der Waals surface area contributed by atoms with E-state index in [-0.39, 0.29) is 24.2 Å². The van der Waals surface area contributed by atoms with Crippen molar-refractivity contribution in [2.24, 2.45) is 5.92 Å². The fraction of sp³-hybridized carbons (Fsp3) is 0.462. The van der Waals surface area contributed by atoms with Crippen molar-refractivity contribution in [3.05, 3.63) is 30.3 Å². The van der Waals surface area contributed by atoms with Gasteiger partial charge in [-0.3, -0.25) is 4.79 Å². The third kappa shape index (κ3) is 4.88. The van der Waals surface area contributed by atoms with Crippen molar-refractivity contribution in [3.63, 3.8) is 0 Å². The first-order valence-electron chi connectivity index (χ1n) is 6.02. The monoisotopic (exact) mass is 286 g/mol. The summed E-state index contributed by atoms with van der Waals surface area (Å²) >= 11 is 1.77. The maximum absolute atomic E-state index is 11.7. The molecule has 1 aromatic rings. The molecule has 1 atom stereocenters. The van der Waals surface area contributed by atoms with Crippen molar-refractivity contribution >= 4 is 30.1 Å². The SMILES string of the molecule is Cl.O=C(NCCSc1ccccc1)C1CCNC1. The van der Waals surface area contributed by atoms with Crippen LogP contribution in [0.25, 0.3) is 0 Å². The van der Waals surface area contributed by atoms with Crippen LogP contribution in [0.2, 0.25) is 0 Å². The summed E-state index contributed by atoms with van der Waals surface area (Å²) in [6.45, 7) is 2.55. The second kappa shape index (κ2) is 8.40. The molecule has 3 nitrogen and oxygen atoms in total. The van der Waals surface area contributed by atoms with Gasteiger partial charge in [-0.05, 0) is 25.1 Å². The Morgan fingerprint density at radius 1 is 1.39 bits per heavy atom. The molecule has 1 amide bonds. The van der Waals surface area contributed by atoms with E-state index in [1.807, 2.05) is 18.2 Å². The van der Waals surface area contributed by atoms with Crippen molar-refractivity contribution in [1.82, 2.24) is 10.6 Å². The van der Waals surface area contributed by atoms with Crippen LogP contribution in [0.1, 0.15) is 6.42 Å². The molecule has 0 radical (unpaired) electrons. The van der Waals surface area contributed by atoms with E-state index in [2.05, 4.69) is 22.8 Å². The van der Waals surface area contributed by atoms with Crippen molar-refractivity contribution in [3.8, 4) is 0 Å². The Morgan fingerprint density at radius 3 is 2.83 bits per heavy atom. The average molecular weight is 287 g/mol. The van der Waals surface area contributed by atoms with Gasteiger partial charge in [0.25, 0.3) is 0 Å².